The van der Waals surface area contributed by atoms with Crippen LogP contribution in [0.2, 0.25) is 0 Å². The maximum atomic E-state index is 5.47. The predicted molar refractivity (Wildman–Crippen MR) is 78.4 cm³/mol. The summed E-state index contributed by atoms with van der Waals surface area (Å²) in [5.74, 6) is 3.09. The van der Waals surface area contributed by atoms with Crippen LogP contribution in [-0.2, 0) is 0 Å². The minimum atomic E-state index is 0.294. The molecule has 20 heavy (non-hydrogen) atoms. The summed E-state index contributed by atoms with van der Waals surface area (Å²) >= 11 is 0. The van der Waals surface area contributed by atoms with E-state index in [1.807, 2.05) is 0 Å². The van der Waals surface area contributed by atoms with Gasteiger partial charge in [0.1, 0.15) is 0 Å². The van der Waals surface area contributed by atoms with Crippen LogP contribution in [0.3, 0.4) is 0 Å². The van der Waals surface area contributed by atoms with E-state index in [2.05, 4.69) is 36.2 Å². The minimum Gasteiger partial charge on any atom is -0.338 e. The fraction of sp³-hybridized carbons (Fsp3) is 0.875. The summed E-state index contributed by atoms with van der Waals surface area (Å²) in [6.07, 6.45) is 7.33. The average Bonchev–Trinajstić information content (AvgIpc) is 3.09. The van der Waals surface area contributed by atoms with Gasteiger partial charge in [-0.1, -0.05) is 25.9 Å². The first kappa shape index (κ1) is 14.1. The van der Waals surface area contributed by atoms with Gasteiger partial charge in [-0.25, -0.2) is 0 Å². The molecule has 1 N–H and O–H groups in total. The second-order valence-corrected chi connectivity index (χ2v) is 7.55. The van der Waals surface area contributed by atoms with Crippen molar-refractivity contribution in [3.05, 3.63) is 11.7 Å². The molecular weight excluding hydrogens is 250 g/mol. The van der Waals surface area contributed by atoms with E-state index in [-0.39, 0.29) is 0 Å². The maximum Gasteiger partial charge on any atom is 0.243 e. The van der Waals surface area contributed by atoms with Crippen molar-refractivity contribution in [3.63, 3.8) is 0 Å². The van der Waals surface area contributed by atoms with E-state index in [0.29, 0.717) is 17.4 Å². The molecule has 1 unspecified atom stereocenters. The largest absolute Gasteiger partial charge is 0.338 e. The summed E-state index contributed by atoms with van der Waals surface area (Å²) in [6, 6.07) is 0.294. The van der Waals surface area contributed by atoms with E-state index in [1.54, 1.807) is 0 Å². The molecule has 2 aliphatic rings. The Labute approximate surface area is 121 Å². The molecule has 1 aliphatic carbocycles. The molecule has 2 heterocycles. The molecule has 2 fully saturated rings. The molecule has 112 valence electrons. The van der Waals surface area contributed by atoms with Crippen molar-refractivity contribution in [2.24, 2.45) is 11.3 Å². The van der Waals surface area contributed by atoms with Crippen molar-refractivity contribution in [2.75, 3.05) is 6.54 Å². The SMILES string of the molecule is CC(C)(C)C1CCC(c2noc(C3CCCN3)n2)CC1. The van der Waals surface area contributed by atoms with E-state index in [9.17, 15) is 0 Å². The minimum absolute atomic E-state index is 0.294. The van der Waals surface area contributed by atoms with Crippen LogP contribution in [0.25, 0.3) is 0 Å². The lowest BCUT2D eigenvalue weighted by Crippen LogP contribution is -2.25. The van der Waals surface area contributed by atoms with Crippen LogP contribution in [0.15, 0.2) is 4.52 Å². The highest BCUT2D eigenvalue weighted by molar-refractivity contribution is 5.02. The number of nitrogens with one attached hydrogen (secondary N) is 1. The van der Waals surface area contributed by atoms with Crippen molar-refractivity contribution >= 4 is 0 Å². The number of rotatable bonds is 2. The average molecular weight is 277 g/mol. The Hall–Kier alpha value is -0.900. The monoisotopic (exact) mass is 277 g/mol. The van der Waals surface area contributed by atoms with Crippen LogP contribution in [0, 0.1) is 11.3 Å². The van der Waals surface area contributed by atoms with Gasteiger partial charge in [-0.05, 0) is 56.4 Å². The number of hydrogen-bond acceptors (Lipinski definition) is 4. The van der Waals surface area contributed by atoms with Crippen molar-refractivity contribution < 1.29 is 4.52 Å². The molecule has 0 amide bonds. The lowest BCUT2D eigenvalue weighted by molar-refractivity contribution is 0.166. The molecule has 0 aromatic carbocycles. The van der Waals surface area contributed by atoms with Gasteiger partial charge in [0.05, 0.1) is 6.04 Å². The van der Waals surface area contributed by atoms with Gasteiger partial charge in [0.2, 0.25) is 5.89 Å². The topological polar surface area (TPSA) is 51.0 Å². The lowest BCUT2D eigenvalue weighted by Gasteiger charge is -2.36. The zero-order chi connectivity index (χ0) is 14.2. The highest BCUT2D eigenvalue weighted by Gasteiger charge is 2.32. The maximum absolute atomic E-state index is 5.47. The van der Waals surface area contributed by atoms with Gasteiger partial charge in [0.15, 0.2) is 5.82 Å². The molecule has 1 aliphatic heterocycles. The highest BCUT2D eigenvalue weighted by Crippen LogP contribution is 2.42. The summed E-state index contributed by atoms with van der Waals surface area (Å²) in [7, 11) is 0. The zero-order valence-electron chi connectivity index (χ0n) is 13.0. The van der Waals surface area contributed by atoms with E-state index in [1.165, 1.54) is 32.1 Å². The van der Waals surface area contributed by atoms with Gasteiger partial charge in [0.25, 0.3) is 0 Å². The third kappa shape index (κ3) is 2.90. The van der Waals surface area contributed by atoms with Crippen molar-refractivity contribution in [1.29, 1.82) is 0 Å². The Balaban J connectivity index is 1.61. The van der Waals surface area contributed by atoms with Crippen LogP contribution in [0.1, 0.15) is 83.0 Å². The summed E-state index contributed by atoms with van der Waals surface area (Å²) in [4.78, 5) is 4.66. The van der Waals surface area contributed by atoms with Crippen LogP contribution in [0.5, 0.6) is 0 Å². The molecule has 1 aromatic rings. The molecule has 0 spiro atoms. The van der Waals surface area contributed by atoms with Gasteiger partial charge in [-0.3, -0.25) is 0 Å². The Kier molecular flexibility index (Phi) is 3.85. The van der Waals surface area contributed by atoms with Gasteiger partial charge in [-0.2, -0.15) is 4.98 Å². The molecule has 0 bridgehead atoms. The Morgan fingerprint density at radius 3 is 2.45 bits per heavy atom. The molecule has 1 atom stereocenters. The lowest BCUT2D eigenvalue weighted by atomic mass is 9.70. The fourth-order valence-electron chi connectivity index (χ4n) is 3.67. The third-order valence-electron chi connectivity index (χ3n) is 5.13. The normalized spacial score (nSPS) is 31.6. The molecule has 4 heteroatoms. The second-order valence-electron chi connectivity index (χ2n) is 7.55. The summed E-state index contributed by atoms with van der Waals surface area (Å²) in [5, 5.41) is 7.67. The van der Waals surface area contributed by atoms with Gasteiger partial charge in [0, 0.05) is 5.92 Å². The fourth-order valence-corrected chi connectivity index (χ4v) is 3.67. The van der Waals surface area contributed by atoms with E-state index in [0.717, 1.165) is 30.6 Å². The molecule has 1 saturated heterocycles. The first-order chi connectivity index (χ1) is 9.54. The van der Waals surface area contributed by atoms with Crippen LogP contribution < -0.4 is 5.32 Å². The standard InChI is InChI=1S/C16H27N3O/c1-16(2,3)12-8-6-11(7-9-12)14-18-15(20-19-14)13-5-4-10-17-13/h11-13,17H,4-10H2,1-3H3. The summed E-state index contributed by atoms with van der Waals surface area (Å²) < 4.78 is 5.47. The van der Waals surface area contributed by atoms with Gasteiger partial charge < -0.3 is 9.84 Å². The first-order valence-electron chi connectivity index (χ1n) is 8.11. The number of nitrogens with zero attached hydrogens (tertiary/aromatic N) is 2. The van der Waals surface area contributed by atoms with Crippen LogP contribution in [-0.4, -0.2) is 16.7 Å². The molecule has 4 nitrogen and oxygen atoms in total. The Bertz CT molecular complexity index is 435. The smallest absolute Gasteiger partial charge is 0.243 e. The highest BCUT2D eigenvalue weighted by atomic mass is 16.5. The van der Waals surface area contributed by atoms with Crippen LogP contribution in [0.4, 0.5) is 0 Å². The van der Waals surface area contributed by atoms with Crippen LogP contribution >= 0.6 is 0 Å². The Morgan fingerprint density at radius 2 is 1.85 bits per heavy atom. The van der Waals surface area contributed by atoms with Gasteiger partial charge in [-0.15, -0.1) is 0 Å². The number of hydrogen-bond donors (Lipinski definition) is 1. The second kappa shape index (κ2) is 5.47. The van der Waals surface area contributed by atoms with Crippen molar-refractivity contribution in [1.82, 2.24) is 15.5 Å². The number of aromatic nitrogens is 2. The van der Waals surface area contributed by atoms with Crippen molar-refractivity contribution in [3.8, 4) is 0 Å². The molecule has 0 radical (unpaired) electrons. The third-order valence-corrected chi connectivity index (χ3v) is 5.13. The Morgan fingerprint density at radius 1 is 1.10 bits per heavy atom. The molecule has 1 saturated carbocycles. The van der Waals surface area contributed by atoms with E-state index >= 15 is 0 Å². The quantitative estimate of drug-likeness (QED) is 0.893. The predicted octanol–water partition coefficient (Wildman–Crippen LogP) is 3.81. The van der Waals surface area contributed by atoms with E-state index in [4.69, 9.17) is 4.52 Å². The molecular formula is C16H27N3O. The van der Waals surface area contributed by atoms with Crippen molar-refractivity contribution in [2.45, 2.75) is 71.3 Å². The zero-order valence-corrected chi connectivity index (χ0v) is 13.0. The summed E-state index contributed by atoms with van der Waals surface area (Å²) in [6.45, 7) is 8.14. The van der Waals surface area contributed by atoms with E-state index < -0.39 is 0 Å². The summed E-state index contributed by atoms with van der Waals surface area (Å²) in [5.41, 5.74) is 0.432. The first-order valence-corrected chi connectivity index (χ1v) is 8.11. The molecule has 3 rings (SSSR count). The molecule has 1 aromatic heterocycles. The van der Waals surface area contributed by atoms with Gasteiger partial charge >= 0.3 is 0 Å².